The number of likely N-dealkylation sites (tertiary alicyclic amines) is 1. The fraction of sp³-hybridized carbons (Fsp3) is 0.423. The molecule has 2 aromatic heterocycles. The molecular formula is C26H26ClF3N6OS. The molecule has 2 fully saturated rings. The van der Waals surface area contributed by atoms with Crippen LogP contribution in [-0.4, -0.2) is 78.2 Å². The highest BCUT2D eigenvalue weighted by Crippen LogP contribution is 2.41. The number of hydrogen-bond donors (Lipinski definition) is 1. The Balaban J connectivity index is 1.51. The van der Waals surface area contributed by atoms with Gasteiger partial charge in [-0.05, 0) is 38.6 Å². The van der Waals surface area contributed by atoms with E-state index >= 15 is 4.39 Å². The van der Waals surface area contributed by atoms with Crippen molar-refractivity contribution >= 4 is 49.9 Å². The van der Waals surface area contributed by atoms with Gasteiger partial charge in [0.05, 0.1) is 33.8 Å². The van der Waals surface area contributed by atoms with Crippen molar-refractivity contribution in [1.82, 2.24) is 25.2 Å². The highest BCUT2D eigenvalue weighted by Gasteiger charge is 2.35. The Morgan fingerprint density at radius 2 is 2.11 bits per heavy atom. The van der Waals surface area contributed by atoms with Crippen molar-refractivity contribution in [2.75, 3.05) is 51.3 Å². The van der Waals surface area contributed by atoms with Crippen LogP contribution in [0, 0.1) is 5.82 Å². The second-order valence-electron chi connectivity index (χ2n) is 9.82. The van der Waals surface area contributed by atoms with Crippen molar-refractivity contribution in [3.63, 3.8) is 0 Å². The number of nitrogens with one attached hydrogen (secondary N) is 1. The molecule has 7 nitrogen and oxygen atoms in total. The summed E-state index contributed by atoms with van der Waals surface area (Å²) in [5.74, 6) is -3.49. The van der Waals surface area contributed by atoms with Crippen LogP contribution in [0.15, 0.2) is 29.8 Å². The lowest BCUT2D eigenvalue weighted by Gasteiger charge is -2.26. The summed E-state index contributed by atoms with van der Waals surface area (Å²) in [6, 6.07) is 7.17. The number of nitrogens with zero attached hydrogens (tertiary/aromatic N) is 5. The number of thiazole rings is 1. The van der Waals surface area contributed by atoms with E-state index in [-0.39, 0.29) is 45.9 Å². The minimum absolute atomic E-state index is 0.0306. The highest BCUT2D eigenvalue weighted by molar-refractivity contribution is 7.16. The second-order valence-corrected chi connectivity index (χ2v) is 11.1. The van der Waals surface area contributed by atoms with Crippen molar-refractivity contribution < 1.29 is 17.9 Å². The molecule has 12 heteroatoms. The molecule has 2 aliphatic heterocycles. The minimum Gasteiger partial charge on any atom is -0.462 e. The van der Waals surface area contributed by atoms with E-state index < -0.39 is 24.8 Å². The number of aromatic nitrogens is 3. The summed E-state index contributed by atoms with van der Waals surface area (Å²) in [5.41, 5.74) is 2.99. The fourth-order valence-electron chi connectivity index (χ4n) is 5.24. The molecule has 0 spiro atoms. The van der Waals surface area contributed by atoms with Gasteiger partial charge >= 0.3 is 6.01 Å². The number of anilines is 1. The van der Waals surface area contributed by atoms with Crippen LogP contribution in [-0.2, 0) is 0 Å². The third-order valence-electron chi connectivity index (χ3n) is 7.21. The van der Waals surface area contributed by atoms with E-state index in [1.165, 1.54) is 16.2 Å². The molecular weight excluding hydrogens is 537 g/mol. The molecule has 38 heavy (non-hydrogen) atoms. The van der Waals surface area contributed by atoms with Gasteiger partial charge in [-0.1, -0.05) is 23.7 Å². The maximum absolute atomic E-state index is 16.4. The predicted octanol–water partition coefficient (Wildman–Crippen LogP) is 5.22. The van der Waals surface area contributed by atoms with Crippen LogP contribution in [0.25, 0.3) is 32.2 Å². The molecule has 2 saturated heterocycles. The van der Waals surface area contributed by atoms with E-state index in [0.717, 1.165) is 24.1 Å². The van der Waals surface area contributed by atoms with E-state index in [9.17, 15) is 8.78 Å². The van der Waals surface area contributed by atoms with Crippen LogP contribution in [0.3, 0.4) is 0 Å². The minimum atomic E-state index is -3.00. The summed E-state index contributed by atoms with van der Waals surface area (Å²) in [7, 11) is 2.02. The fourth-order valence-corrected chi connectivity index (χ4v) is 6.24. The Morgan fingerprint density at radius 1 is 1.24 bits per heavy atom. The number of benzene rings is 2. The van der Waals surface area contributed by atoms with E-state index in [1.54, 1.807) is 17.6 Å². The SMILES string of the molecule is CN1CCC[C@H]1COc1nc(N2CCNCC(F)(F)C2)c2cc(Cl)c(-c3cccc4scnc34)c(F)c2n1. The van der Waals surface area contributed by atoms with Gasteiger partial charge in [0.2, 0.25) is 0 Å². The Morgan fingerprint density at radius 3 is 2.92 bits per heavy atom. The van der Waals surface area contributed by atoms with Gasteiger partial charge in [0.1, 0.15) is 17.9 Å². The number of likely N-dealkylation sites (N-methyl/N-ethyl adjacent to an activating group) is 1. The van der Waals surface area contributed by atoms with Crippen LogP contribution < -0.4 is 15.0 Å². The number of rotatable bonds is 5. The van der Waals surface area contributed by atoms with E-state index in [2.05, 4.69) is 25.2 Å². The normalized spacial score (nSPS) is 20.3. The summed E-state index contributed by atoms with van der Waals surface area (Å²) in [6.45, 7) is 0.846. The van der Waals surface area contributed by atoms with Crippen molar-refractivity contribution in [1.29, 1.82) is 0 Å². The van der Waals surface area contributed by atoms with Crippen LogP contribution >= 0.6 is 22.9 Å². The molecule has 4 heterocycles. The standard InChI is InChI=1S/C26H26ClF3N6OS/c1-35-8-3-4-15(35)11-37-25-33-23-17(24(34-25)36-9-7-31-12-26(29,30)13-36)10-18(27)20(21(23)28)16-5-2-6-19-22(16)32-14-38-19/h2,5-6,10,14-15,31H,3-4,7-9,11-13H2,1H3/t15-/m0/s1. The maximum Gasteiger partial charge on any atom is 0.319 e. The average Bonchev–Trinajstić information content (AvgIpc) is 3.49. The zero-order chi connectivity index (χ0) is 26.4. The highest BCUT2D eigenvalue weighted by atomic mass is 35.5. The van der Waals surface area contributed by atoms with Gasteiger partial charge in [-0.25, -0.2) is 18.2 Å². The topological polar surface area (TPSA) is 66.4 Å². The zero-order valence-corrected chi connectivity index (χ0v) is 22.3. The van der Waals surface area contributed by atoms with Crippen molar-refractivity contribution in [2.45, 2.75) is 24.8 Å². The number of fused-ring (bicyclic) bond motifs is 2. The Labute approximate surface area is 226 Å². The van der Waals surface area contributed by atoms with Crippen LogP contribution in [0.1, 0.15) is 12.8 Å². The third kappa shape index (κ3) is 4.76. The average molecular weight is 563 g/mol. The molecule has 0 aliphatic carbocycles. The Bertz CT molecular complexity index is 1500. The first-order chi connectivity index (χ1) is 18.3. The smallest absolute Gasteiger partial charge is 0.319 e. The number of hydrogen-bond acceptors (Lipinski definition) is 8. The first-order valence-corrected chi connectivity index (χ1v) is 13.8. The Hall–Kier alpha value is -2.73. The number of ether oxygens (including phenoxy) is 1. The quantitative estimate of drug-likeness (QED) is 0.358. The summed E-state index contributed by atoms with van der Waals surface area (Å²) < 4.78 is 52.4. The third-order valence-corrected chi connectivity index (χ3v) is 8.30. The van der Waals surface area contributed by atoms with Gasteiger partial charge in [-0.3, -0.25) is 0 Å². The van der Waals surface area contributed by atoms with Crippen LogP contribution in [0.4, 0.5) is 19.0 Å². The van der Waals surface area contributed by atoms with Gasteiger partial charge in [0.25, 0.3) is 5.92 Å². The largest absolute Gasteiger partial charge is 0.462 e. The van der Waals surface area contributed by atoms with Crippen LogP contribution in [0.5, 0.6) is 6.01 Å². The summed E-state index contributed by atoms with van der Waals surface area (Å²) in [4.78, 5) is 17.0. The summed E-state index contributed by atoms with van der Waals surface area (Å²) in [6.07, 6.45) is 2.02. The molecule has 0 amide bonds. The molecule has 0 radical (unpaired) electrons. The molecule has 2 aromatic carbocycles. The lowest BCUT2D eigenvalue weighted by Crippen LogP contribution is -2.39. The lowest BCUT2D eigenvalue weighted by molar-refractivity contribution is 0.0156. The van der Waals surface area contributed by atoms with E-state index in [1.807, 2.05) is 19.2 Å². The zero-order valence-electron chi connectivity index (χ0n) is 20.7. The maximum atomic E-state index is 16.4. The summed E-state index contributed by atoms with van der Waals surface area (Å²) >= 11 is 8.12. The molecule has 6 rings (SSSR count). The number of para-hydroxylation sites is 1. The van der Waals surface area contributed by atoms with Crippen LogP contribution in [0.2, 0.25) is 5.02 Å². The molecule has 0 unspecified atom stereocenters. The van der Waals surface area contributed by atoms with Gasteiger partial charge in [-0.2, -0.15) is 9.97 Å². The first-order valence-electron chi connectivity index (χ1n) is 12.5. The van der Waals surface area contributed by atoms with E-state index in [4.69, 9.17) is 16.3 Å². The monoisotopic (exact) mass is 562 g/mol. The molecule has 1 atom stereocenters. The molecule has 1 N–H and O–H groups in total. The molecule has 0 bridgehead atoms. The Kier molecular flexibility index (Phi) is 6.79. The first kappa shape index (κ1) is 25.5. The second kappa shape index (κ2) is 10.1. The van der Waals surface area contributed by atoms with Gasteiger partial charge in [-0.15, -0.1) is 11.3 Å². The van der Waals surface area contributed by atoms with Crippen molar-refractivity contribution in [2.24, 2.45) is 0 Å². The number of alkyl halides is 2. The number of halogens is 4. The van der Waals surface area contributed by atoms with Gasteiger partial charge in [0, 0.05) is 35.6 Å². The molecule has 200 valence electrons. The van der Waals surface area contributed by atoms with Gasteiger partial charge < -0.3 is 19.9 Å². The van der Waals surface area contributed by atoms with Gasteiger partial charge in [0.15, 0.2) is 5.82 Å². The molecule has 0 saturated carbocycles. The van der Waals surface area contributed by atoms with Crippen molar-refractivity contribution in [3.8, 4) is 17.1 Å². The lowest BCUT2D eigenvalue weighted by atomic mass is 10.0. The molecule has 2 aliphatic rings. The van der Waals surface area contributed by atoms with E-state index in [0.29, 0.717) is 24.2 Å². The molecule has 4 aromatic rings. The summed E-state index contributed by atoms with van der Waals surface area (Å²) in [5, 5.41) is 3.14. The van der Waals surface area contributed by atoms with Crippen molar-refractivity contribution in [3.05, 3.63) is 40.6 Å². The predicted molar refractivity (Wildman–Crippen MR) is 144 cm³/mol.